The highest BCUT2D eigenvalue weighted by atomic mass is 32.2. The summed E-state index contributed by atoms with van der Waals surface area (Å²) in [7, 11) is 0. The molecule has 5 heteroatoms. The average molecular weight is 282 g/mol. The molecular formula is C13H18N2OS2. The van der Waals surface area contributed by atoms with Crippen LogP contribution in [0.25, 0.3) is 0 Å². The van der Waals surface area contributed by atoms with Gasteiger partial charge in [0.2, 0.25) is 5.91 Å². The standard InChI is InChI=1S/C13H18N2OS2/c1-9-5-10(2)7-11(6-9)15-13(16)8-18-4-3-12(14)17/h5-7H,3-4,8H2,1-2H3,(H2,14,17)(H,15,16). The Labute approximate surface area is 118 Å². The lowest BCUT2D eigenvalue weighted by Crippen LogP contribution is -2.15. The van der Waals surface area contributed by atoms with E-state index in [2.05, 4.69) is 11.4 Å². The van der Waals surface area contributed by atoms with Gasteiger partial charge < -0.3 is 11.1 Å². The van der Waals surface area contributed by atoms with E-state index in [4.69, 9.17) is 18.0 Å². The van der Waals surface area contributed by atoms with Gasteiger partial charge in [-0.2, -0.15) is 11.8 Å². The van der Waals surface area contributed by atoms with Crippen molar-refractivity contribution in [2.45, 2.75) is 20.3 Å². The number of amides is 1. The summed E-state index contributed by atoms with van der Waals surface area (Å²) in [6, 6.07) is 6.00. The average Bonchev–Trinajstić information content (AvgIpc) is 2.22. The Morgan fingerprint density at radius 1 is 1.33 bits per heavy atom. The van der Waals surface area contributed by atoms with Gasteiger partial charge in [0.05, 0.1) is 10.7 Å². The molecular weight excluding hydrogens is 264 g/mol. The van der Waals surface area contributed by atoms with Crippen molar-refractivity contribution in [3.05, 3.63) is 29.3 Å². The Kier molecular flexibility index (Phi) is 6.15. The van der Waals surface area contributed by atoms with Crippen molar-refractivity contribution in [1.82, 2.24) is 0 Å². The Balaban J connectivity index is 2.37. The number of hydrogen-bond donors (Lipinski definition) is 2. The highest BCUT2D eigenvalue weighted by Crippen LogP contribution is 2.14. The minimum atomic E-state index is 0.00735. The van der Waals surface area contributed by atoms with Crippen LogP contribution < -0.4 is 11.1 Å². The Hall–Kier alpha value is -1.07. The zero-order valence-electron chi connectivity index (χ0n) is 10.7. The van der Waals surface area contributed by atoms with Gasteiger partial charge in [0.1, 0.15) is 0 Å². The van der Waals surface area contributed by atoms with E-state index in [1.54, 1.807) is 0 Å². The van der Waals surface area contributed by atoms with Gasteiger partial charge in [-0.15, -0.1) is 0 Å². The summed E-state index contributed by atoms with van der Waals surface area (Å²) in [6.45, 7) is 4.03. The van der Waals surface area contributed by atoms with Gasteiger partial charge in [0, 0.05) is 17.9 Å². The highest BCUT2D eigenvalue weighted by molar-refractivity contribution is 8.00. The first-order chi connectivity index (χ1) is 8.47. The number of carbonyl (C=O) groups is 1. The maximum absolute atomic E-state index is 11.7. The van der Waals surface area contributed by atoms with Crippen molar-refractivity contribution in [2.75, 3.05) is 16.8 Å². The normalized spacial score (nSPS) is 10.1. The summed E-state index contributed by atoms with van der Waals surface area (Å²) in [5.41, 5.74) is 8.53. The summed E-state index contributed by atoms with van der Waals surface area (Å²) < 4.78 is 0. The van der Waals surface area contributed by atoms with Crippen LogP contribution >= 0.6 is 24.0 Å². The first-order valence-corrected chi connectivity index (χ1v) is 7.28. The van der Waals surface area contributed by atoms with E-state index in [0.717, 1.165) is 22.6 Å². The van der Waals surface area contributed by atoms with Crippen LogP contribution in [0, 0.1) is 13.8 Å². The van der Waals surface area contributed by atoms with Crippen molar-refractivity contribution < 1.29 is 4.79 Å². The van der Waals surface area contributed by atoms with Crippen LogP contribution in [0.15, 0.2) is 18.2 Å². The number of aryl methyl sites for hydroxylation is 2. The quantitative estimate of drug-likeness (QED) is 0.622. The van der Waals surface area contributed by atoms with Gasteiger partial charge in [-0.1, -0.05) is 18.3 Å². The zero-order valence-corrected chi connectivity index (χ0v) is 12.3. The molecule has 0 fully saturated rings. The van der Waals surface area contributed by atoms with Gasteiger partial charge in [-0.3, -0.25) is 4.79 Å². The van der Waals surface area contributed by atoms with Crippen LogP contribution in [-0.4, -0.2) is 22.4 Å². The number of hydrogen-bond acceptors (Lipinski definition) is 3. The molecule has 0 aliphatic heterocycles. The van der Waals surface area contributed by atoms with E-state index in [-0.39, 0.29) is 5.91 Å². The number of anilines is 1. The summed E-state index contributed by atoms with van der Waals surface area (Å²) in [4.78, 5) is 12.2. The minimum Gasteiger partial charge on any atom is -0.393 e. The Bertz CT molecular complexity index is 426. The van der Waals surface area contributed by atoms with Crippen molar-refractivity contribution in [3.8, 4) is 0 Å². The van der Waals surface area contributed by atoms with Crippen molar-refractivity contribution in [1.29, 1.82) is 0 Å². The van der Waals surface area contributed by atoms with Crippen molar-refractivity contribution in [2.24, 2.45) is 5.73 Å². The second-order valence-corrected chi connectivity index (χ2v) is 5.82. The van der Waals surface area contributed by atoms with E-state index in [0.29, 0.717) is 17.2 Å². The monoisotopic (exact) mass is 282 g/mol. The molecule has 18 heavy (non-hydrogen) atoms. The fourth-order valence-electron chi connectivity index (χ4n) is 1.58. The number of rotatable bonds is 6. The molecule has 0 aliphatic carbocycles. The van der Waals surface area contributed by atoms with Crippen LogP contribution in [0.1, 0.15) is 17.5 Å². The predicted octanol–water partition coefficient (Wildman–Crippen LogP) is 2.65. The molecule has 3 nitrogen and oxygen atoms in total. The lowest BCUT2D eigenvalue weighted by molar-refractivity contribution is -0.113. The van der Waals surface area contributed by atoms with Gasteiger partial charge in [-0.05, 0) is 37.1 Å². The number of nitrogens with two attached hydrogens (primary N) is 1. The van der Waals surface area contributed by atoms with Crippen LogP contribution in [0.2, 0.25) is 0 Å². The van der Waals surface area contributed by atoms with Crippen molar-refractivity contribution >= 4 is 40.6 Å². The molecule has 0 radical (unpaired) electrons. The van der Waals surface area contributed by atoms with E-state index in [1.807, 2.05) is 26.0 Å². The molecule has 0 unspecified atom stereocenters. The molecule has 1 aromatic carbocycles. The molecule has 1 amide bonds. The molecule has 0 saturated carbocycles. The second-order valence-electron chi connectivity index (χ2n) is 4.19. The molecule has 0 spiro atoms. The van der Waals surface area contributed by atoms with Crippen LogP contribution in [0.5, 0.6) is 0 Å². The Morgan fingerprint density at radius 2 is 1.94 bits per heavy atom. The highest BCUT2D eigenvalue weighted by Gasteiger charge is 2.03. The van der Waals surface area contributed by atoms with E-state index < -0.39 is 0 Å². The molecule has 0 saturated heterocycles. The SMILES string of the molecule is Cc1cc(C)cc(NC(=O)CSCCC(N)=S)c1. The summed E-state index contributed by atoms with van der Waals surface area (Å²) in [5, 5.41) is 2.89. The molecule has 0 aliphatic rings. The first-order valence-electron chi connectivity index (χ1n) is 5.71. The number of thiocarbonyl (C=S) groups is 1. The Morgan fingerprint density at radius 3 is 2.50 bits per heavy atom. The molecule has 0 heterocycles. The predicted molar refractivity (Wildman–Crippen MR) is 83.3 cm³/mol. The number of carbonyl (C=O) groups excluding carboxylic acids is 1. The van der Waals surface area contributed by atoms with Crippen LogP contribution in [-0.2, 0) is 4.79 Å². The molecule has 1 rings (SSSR count). The molecule has 1 aromatic rings. The van der Waals surface area contributed by atoms with Crippen LogP contribution in [0.4, 0.5) is 5.69 Å². The largest absolute Gasteiger partial charge is 0.393 e. The first kappa shape index (κ1) is 15.0. The fraction of sp³-hybridized carbons (Fsp3) is 0.385. The molecule has 3 N–H and O–H groups in total. The van der Waals surface area contributed by atoms with Gasteiger partial charge in [0.15, 0.2) is 0 Å². The lowest BCUT2D eigenvalue weighted by Gasteiger charge is -2.07. The van der Waals surface area contributed by atoms with E-state index in [1.165, 1.54) is 11.8 Å². The van der Waals surface area contributed by atoms with Crippen molar-refractivity contribution in [3.63, 3.8) is 0 Å². The summed E-state index contributed by atoms with van der Waals surface area (Å²) in [5.74, 6) is 1.22. The molecule has 98 valence electrons. The maximum atomic E-state index is 11.7. The smallest absolute Gasteiger partial charge is 0.234 e. The zero-order chi connectivity index (χ0) is 13.5. The summed E-state index contributed by atoms with van der Waals surface area (Å²) >= 11 is 6.31. The molecule has 0 aromatic heterocycles. The maximum Gasteiger partial charge on any atom is 0.234 e. The lowest BCUT2D eigenvalue weighted by atomic mass is 10.1. The topological polar surface area (TPSA) is 55.1 Å². The van der Waals surface area contributed by atoms with Crippen LogP contribution in [0.3, 0.4) is 0 Å². The number of thioether (sulfide) groups is 1. The van der Waals surface area contributed by atoms with E-state index in [9.17, 15) is 4.79 Å². The summed E-state index contributed by atoms with van der Waals surface area (Å²) in [6.07, 6.45) is 0.677. The fourth-order valence-corrected chi connectivity index (χ4v) is 2.58. The molecule has 0 atom stereocenters. The minimum absolute atomic E-state index is 0.00735. The third-order valence-corrected chi connectivity index (χ3v) is 3.39. The van der Waals surface area contributed by atoms with Gasteiger partial charge in [-0.25, -0.2) is 0 Å². The third-order valence-electron chi connectivity index (χ3n) is 2.23. The van der Waals surface area contributed by atoms with E-state index >= 15 is 0 Å². The number of nitrogens with one attached hydrogen (secondary N) is 1. The number of benzene rings is 1. The van der Waals surface area contributed by atoms with Gasteiger partial charge in [0.25, 0.3) is 0 Å². The van der Waals surface area contributed by atoms with Gasteiger partial charge >= 0.3 is 0 Å². The molecule has 0 bridgehead atoms. The third kappa shape index (κ3) is 6.02. The second kappa shape index (κ2) is 7.38.